The highest BCUT2D eigenvalue weighted by Gasteiger charge is 2.31. The fraction of sp³-hybridized carbons (Fsp3) is 0.500. The SMILES string of the molecule is CC(C)n1ncnc1CC(O)C(C)(C)c1ccccc1. The second-order valence-corrected chi connectivity index (χ2v) is 6.02. The standard InChI is InChI=1S/C16H23N3O/c1-12(2)19-15(17-11-18-19)10-14(20)16(3,4)13-8-6-5-7-9-13/h5-9,11-12,14,20H,10H2,1-4H3. The van der Waals surface area contributed by atoms with Gasteiger partial charge in [-0.2, -0.15) is 5.10 Å². The number of aliphatic hydroxyl groups excluding tert-OH is 1. The first-order valence-electron chi connectivity index (χ1n) is 7.05. The molecule has 1 aromatic carbocycles. The van der Waals surface area contributed by atoms with E-state index in [4.69, 9.17) is 0 Å². The van der Waals surface area contributed by atoms with Crippen LogP contribution in [-0.2, 0) is 11.8 Å². The van der Waals surface area contributed by atoms with Crippen molar-refractivity contribution < 1.29 is 5.11 Å². The molecule has 0 spiro atoms. The maximum absolute atomic E-state index is 10.6. The Morgan fingerprint density at radius 1 is 1.20 bits per heavy atom. The normalized spacial score (nSPS) is 13.7. The maximum Gasteiger partial charge on any atom is 0.138 e. The molecule has 0 bridgehead atoms. The van der Waals surface area contributed by atoms with Gasteiger partial charge in [-0.05, 0) is 19.4 Å². The first-order chi connectivity index (χ1) is 9.43. The number of benzene rings is 1. The lowest BCUT2D eigenvalue weighted by Gasteiger charge is -2.31. The maximum atomic E-state index is 10.6. The van der Waals surface area contributed by atoms with Crippen LogP contribution < -0.4 is 0 Å². The van der Waals surface area contributed by atoms with Crippen molar-refractivity contribution in [3.05, 3.63) is 48.0 Å². The molecule has 0 amide bonds. The van der Waals surface area contributed by atoms with Crippen LogP contribution in [0.1, 0.15) is 45.1 Å². The molecule has 1 aromatic heterocycles. The molecule has 0 aliphatic carbocycles. The van der Waals surface area contributed by atoms with Crippen molar-refractivity contribution in [2.45, 2.75) is 51.7 Å². The molecule has 1 unspecified atom stereocenters. The monoisotopic (exact) mass is 273 g/mol. The molecule has 2 rings (SSSR count). The topological polar surface area (TPSA) is 50.9 Å². The molecule has 0 fully saturated rings. The van der Waals surface area contributed by atoms with E-state index in [-0.39, 0.29) is 11.5 Å². The highest BCUT2D eigenvalue weighted by molar-refractivity contribution is 5.25. The van der Waals surface area contributed by atoms with Crippen molar-refractivity contribution in [1.82, 2.24) is 14.8 Å². The second-order valence-electron chi connectivity index (χ2n) is 6.02. The molecule has 0 aliphatic heterocycles. The largest absolute Gasteiger partial charge is 0.392 e. The summed E-state index contributed by atoms with van der Waals surface area (Å²) >= 11 is 0. The van der Waals surface area contributed by atoms with E-state index in [2.05, 4.69) is 49.9 Å². The summed E-state index contributed by atoms with van der Waals surface area (Å²) in [6, 6.07) is 10.3. The molecule has 1 heterocycles. The lowest BCUT2D eigenvalue weighted by molar-refractivity contribution is 0.0965. The summed E-state index contributed by atoms with van der Waals surface area (Å²) in [6.07, 6.45) is 1.55. The smallest absolute Gasteiger partial charge is 0.138 e. The Labute approximate surface area is 120 Å². The van der Waals surface area contributed by atoms with Crippen LogP contribution >= 0.6 is 0 Å². The van der Waals surface area contributed by atoms with Crippen LogP contribution in [0.5, 0.6) is 0 Å². The van der Waals surface area contributed by atoms with Gasteiger partial charge < -0.3 is 5.11 Å². The molecule has 1 atom stereocenters. The van der Waals surface area contributed by atoms with Gasteiger partial charge in [0.2, 0.25) is 0 Å². The third kappa shape index (κ3) is 2.90. The first-order valence-corrected chi connectivity index (χ1v) is 7.05. The molecule has 0 saturated carbocycles. The Bertz CT molecular complexity index is 546. The molecule has 0 saturated heterocycles. The van der Waals surface area contributed by atoms with Gasteiger partial charge in [-0.25, -0.2) is 9.67 Å². The van der Waals surface area contributed by atoms with Crippen LogP contribution in [0.3, 0.4) is 0 Å². The Balaban J connectivity index is 2.19. The van der Waals surface area contributed by atoms with E-state index in [0.29, 0.717) is 6.42 Å². The molecule has 4 heteroatoms. The second kappa shape index (κ2) is 5.75. The predicted molar refractivity (Wildman–Crippen MR) is 79.6 cm³/mol. The van der Waals surface area contributed by atoms with Crippen molar-refractivity contribution in [2.24, 2.45) is 0 Å². The van der Waals surface area contributed by atoms with Crippen molar-refractivity contribution in [3.63, 3.8) is 0 Å². The molecule has 20 heavy (non-hydrogen) atoms. The van der Waals surface area contributed by atoms with Gasteiger partial charge in [0.05, 0.1) is 6.10 Å². The van der Waals surface area contributed by atoms with E-state index >= 15 is 0 Å². The molecule has 1 N–H and O–H groups in total. The van der Waals surface area contributed by atoms with Gasteiger partial charge in [-0.15, -0.1) is 0 Å². The fourth-order valence-electron chi connectivity index (χ4n) is 2.34. The van der Waals surface area contributed by atoms with E-state index in [0.717, 1.165) is 11.4 Å². The fourth-order valence-corrected chi connectivity index (χ4v) is 2.34. The van der Waals surface area contributed by atoms with E-state index in [9.17, 15) is 5.11 Å². The van der Waals surface area contributed by atoms with Gasteiger partial charge in [-0.3, -0.25) is 0 Å². The molecule has 108 valence electrons. The van der Waals surface area contributed by atoms with Crippen molar-refractivity contribution in [2.75, 3.05) is 0 Å². The predicted octanol–water partition coefficient (Wildman–Crippen LogP) is 2.74. The first kappa shape index (κ1) is 14.7. The average Bonchev–Trinajstić information content (AvgIpc) is 2.88. The van der Waals surface area contributed by atoms with E-state index < -0.39 is 6.10 Å². The van der Waals surface area contributed by atoms with E-state index in [1.807, 2.05) is 22.9 Å². The van der Waals surface area contributed by atoms with Crippen LogP contribution in [0.25, 0.3) is 0 Å². The minimum absolute atomic E-state index is 0.250. The zero-order chi connectivity index (χ0) is 14.8. The van der Waals surface area contributed by atoms with E-state index in [1.165, 1.54) is 0 Å². The highest BCUT2D eigenvalue weighted by atomic mass is 16.3. The summed E-state index contributed by atoms with van der Waals surface area (Å²) in [6.45, 7) is 8.24. The van der Waals surface area contributed by atoms with Gasteiger partial charge in [-0.1, -0.05) is 44.2 Å². The minimum atomic E-state index is -0.508. The van der Waals surface area contributed by atoms with Crippen LogP contribution in [0.4, 0.5) is 0 Å². The molecular formula is C16H23N3O. The van der Waals surface area contributed by atoms with Crippen molar-refractivity contribution >= 4 is 0 Å². The summed E-state index contributed by atoms with van der Waals surface area (Å²) < 4.78 is 1.87. The number of aromatic nitrogens is 3. The van der Waals surface area contributed by atoms with Crippen molar-refractivity contribution in [3.8, 4) is 0 Å². The van der Waals surface area contributed by atoms with Crippen molar-refractivity contribution in [1.29, 1.82) is 0 Å². The van der Waals surface area contributed by atoms with E-state index in [1.54, 1.807) is 6.33 Å². The summed E-state index contributed by atoms with van der Waals surface area (Å²) in [4.78, 5) is 4.28. The number of aliphatic hydroxyl groups is 1. The van der Waals surface area contributed by atoms with Crippen LogP contribution in [0.15, 0.2) is 36.7 Å². The zero-order valence-electron chi connectivity index (χ0n) is 12.6. The summed E-state index contributed by atoms with van der Waals surface area (Å²) in [5, 5.41) is 14.8. The van der Waals surface area contributed by atoms with Gasteiger partial charge in [0.1, 0.15) is 12.2 Å². The number of hydrogen-bond donors (Lipinski definition) is 1. The highest BCUT2D eigenvalue weighted by Crippen LogP contribution is 2.28. The number of rotatable bonds is 5. The molecule has 0 aliphatic rings. The summed E-state index contributed by atoms with van der Waals surface area (Å²) in [5.41, 5.74) is 0.803. The quantitative estimate of drug-likeness (QED) is 0.911. The molecular weight excluding hydrogens is 250 g/mol. The third-order valence-corrected chi connectivity index (χ3v) is 3.86. The van der Waals surface area contributed by atoms with Gasteiger partial charge in [0.15, 0.2) is 0 Å². The molecule has 0 radical (unpaired) electrons. The van der Waals surface area contributed by atoms with Gasteiger partial charge in [0.25, 0.3) is 0 Å². The lowest BCUT2D eigenvalue weighted by Crippen LogP contribution is -2.36. The Morgan fingerprint density at radius 2 is 1.85 bits per heavy atom. The van der Waals surface area contributed by atoms with Crippen LogP contribution in [-0.4, -0.2) is 26.0 Å². The lowest BCUT2D eigenvalue weighted by atomic mass is 9.78. The number of nitrogens with zero attached hydrogens (tertiary/aromatic N) is 3. The summed E-state index contributed by atoms with van der Waals surface area (Å²) in [7, 11) is 0. The third-order valence-electron chi connectivity index (χ3n) is 3.86. The minimum Gasteiger partial charge on any atom is -0.392 e. The average molecular weight is 273 g/mol. The Hall–Kier alpha value is -1.68. The van der Waals surface area contributed by atoms with Gasteiger partial charge in [0, 0.05) is 17.9 Å². The van der Waals surface area contributed by atoms with Crippen LogP contribution in [0, 0.1) is 0 Å². The molecule has 2 aromatic rings. The van der Waals surface area contributed by atoms with Crippen LogP contribution in [0.2, 0.25) is 0 Å². The number of hydrogen-bond acceptors (Lipinski definition) is 3. The Morgan fingerprint density at radius 3 is 2.45 bits per heavy atom. The molecule has 4 nitrogen and oxygen atoms in total. The Kier molecular flexibility index (Phi) is 4.23. The summed E-state index contributed by atoms with van der Waals surface area (Å²) in [5.74, 6) is 0.830. The zero-order valence-corrected chi connectivity index (χ0v) is 12.6. The van der Waals surface area contributed by atoms with Gasteiger partial charge >= 0.3 is 0 Å².